The summed E-state index contributed by atoms with van der Waals surface area (Å²) < 4.78 is 17.2. The number of methoxy groups -OCH3 is 3. The van der Waals surface area contributed by atoms with Crippen molar-refractivity contribution in [3.63, 3.8) is 0 Å². The van der Waals surface area contributed by atoms with Crippen molar-refractivity contribution in [3.05, 3.63) is 45.6 Å². The van der Waals surface area contributed by atoms with E-state index in [1.54, 1.807) is 45.2 Å². The number of rotatable bonds is 11. The number of aryl methyl sites for hydroxylation is 1. The average molecular weight is 655 g/mol. The van der Waals surface area contributed by atoms with Gasteiger partial charge >= 0.3 is 0 Å². The molecule has 2 amide bonds. The molecule has 0 saturated carbocycles. The smallest absolute Gasteiger partial charge is 0.242 e. The van der Waals surface area contributed by atoms with Crippen LogP contribution < -0.4 is 40.9 Å². The molecule has 2 aromatic rings. The third-order valence-electron chi connectivity index (χ3n) is 8.71. The van der Waals surface area contributed by atoms with Crippen LogP contribution in [0.5, 0.6) is 17.2 Å². The summed E-state index contributed by atoms with van der Waals surface area (Å²) in [5.41, 5.74) is 2.92. The Labute approximate surface area is 277 Å². The van der Waals surface area contributed by atoms with E-state index in [1.165, 1.54) is 6.92 Å². The number of fused-ring (bicyclic) bond motifs is 3. The molecule has 0 radical (unpaired) electrons. The molecule has 1 heterocycles. The minimum atomic E-state index is -0.610. The van der Waals surface area contributed by atoms with Crippen LogP contribution in [-0.2, 0) is 16.0 Å². The molecule has 0 unspecified atom stereocenters. The molecule has 2 aromatic carbocycles. The van der Waals surface area contributed by atoms with E-state index in [2.05, 4.69) is 49.0 Å². The Morgan fingerprint density at radius 3 is 2.26 bits per heavy atom. The maximum atomic E-state index is 13.9. The summed E-state index contributed by atoms with van der Waals surface area (Å²) in [6.07, 6.45) is 5.32. The summed E-state index contributed by atoms with van der Waals surface area (Å²) in [6.45, 7) is 10.1. The number of ether oxygens (including phenoxy) is 3. The molecule has 46 heavy (non-hydrogen) atoms. The topological polar surface area (TPSA) is 127 Å². The summed E-state index contributed by atoms with van der Waals surface area (Å²) in [7, 11) is 4.70. The van der Waals surface area contributed by atoms with Crippen molar-refractivity contribution in [1.82, 2.24) is 16.0 Å². The molecule has 1 saturated heterocycles. The number of nitrogens with one attached hydrogen (secondary N) is 4. The lowest BCUT2D eigenvalue weighted by Gasteiger charge is -2.46. The van der Waals surface area contributed by atoms with Crippen LogP contribution in [0.1, 0.15) is 77.5 Å². The predicted octanol–water partition coefficient (Wildman–Crippen LogP) is 4.82. The lowest BCUT2D eigenvalue weighted by Crippen LogP contribution is -2.63. The number of hydrogen-bond acceptors (Lipinski definition) is 9. The molecule has 0 spiro atoms. The maximum Gasteiger partial charge on any atom is 0.242 e. The second kappa shape index (κ2) is 14.5. The van der Waals surface area contributed by atoms with Crippen molar-refractivity contribution in [2.45, 2.75) is 95.9 Å². The third kappa shape index (κ3) is 8.09. The minimum Gasteiger partial charge on any atom is -0.493 e. The number of amides is 2. The Bertz CT molecular complexity index is 1500. The molecule has 2 atom stereocenters. The van der Waals surface area contributed by atoms with Gasteiger partial charge in [-0.25, -0.2) is 0 Å². The summed E-state index contributed by atoms with van der Waals surface area (Å²) in [5.74, 6) is 1.89. The predicted molar refractivity (Wildman–Crippen MR) is 186 cm³/mol. The number of thioether (sulfide) groups is 1. The van der Waals surface area contributed by atoms with E-state index in [-0.39, 0.29) is 34.4 Å². The zero-order valence-electron chi connectivity index (χ0n) is 28.6. The first kappa shape index (κ1) is 35.4. The lowest BCUT2D eigenvalue weighted by atomic mass is 9.79. The summed E-state index contributed by atoms with van der Waals surface area (Å²) in [6, 6.07) is 6.07. The molecular weight excluding hydrogens is 604 g/mol. The number of hydrogen-bond donors (Lipinski definition) is 4. The van der Waals surface area contributed by atoms with Crippen LogP contribution in [0.3, 0.4) is 0 Å². The van der Waals surface area contributed by atoms with Crippen LogP contribution in [0.4, 0.5) is 5.69 Å². The highest BCUT2D eigenvalue weighted by atomic mass is 32.2. The van der Waals surface area contributed by atoms with Crippen molar-refractivity contribution in [2.24, 2.45) is 0 Å². The highest BCUT2D eigenvalue weighted by Crippen LogP contribution is 2.50. The van der Waals surface area contributed by atoms with E-state index in [4.69, 9.17) is 14.2 Å². The molecule has 0 bridgehead atoms. The van der Waals surface area contributed by atoms with E-state index < -0.39 is 12.1 Å². The molecule has 4 rings (SSSR count). The lowest BCUT2D eigenvalue weighted by molar-refractivity contribution is -0.123. The number of piperidine rings is 1. The van der Waals surface area contributed by atoms with E-state index in [0.717, 1.165) is 35.3 Å². The summed E-state index contributed by atoms with van der Waals surface area (Å²) >= 11 is 1.65. The molecule has 1 fully saturated rings. The van der Waals surface area contributed by atoms with Gasteiger partial charge < -0.3 is 35.5 Å². The van der Waals surface area contributed by atoms with Crippen molar-refractivity contribution in [2.75, 3.05) is 38.7 Å². The highest BCUT2D eigenvalue weighted by Gasteiger charge is 2.39. The van der Waals surface area contributed by atoms with Crippen LogP contribution in [0, 0.1) is 0 Å². The number of carbonyl (C=O) groups excluding carboxylic acids is 2. The SMILES string of the molecule is COc1cc2c(c(OC)c1OC)-c1ccc(N[C@H](CCSC)C(=O)NC3CC(C)(C)NC(C)(C)C3)c(=O)cc1[C@H](NC(C)=O)CC2. The Morgan fingerprint density at radius 1 is 1.00 bits per heavy atom. The van der Waals surface area contributed by atoms with Gasteiger partial charge in [0.15, 0.2) is 11.5 Å². The molecule has 10 nitrogen and oxygen atoms in total. The fourth-order valence-electron chi connectivity index (χ4n) is 7.25. The fourth-order valence-corrected chi connectivity index (χ4v) is 7.72. The quantitative estimate of drug-likeness (QED) is 0.270. The zero-order chi connectivity index (χ0) is 33.8. The summed E-state index contributed by atoms with van der Waals surface area (Å²) in [4.78, 5) is 40.0. The molecule has 0 aromatic heterocycles. The van der Waals surface area contributed by atoms with Crippen molar-refractivity contribution < 1.29 is 23.8 Å². The Morgan fingerprint density at radius 2 is 1.67 bits per heavy atom. The van der Waals surface area contributed by atoms with E-state index in [0.29, 0.717) is 47.8 Å². The van der Waals surface area contributed by atoms with Crippen LogP contribution >= 0.6 is 11.8 Å². The van der Waals surface area contributed by atoms with E-state index >= 15 is 0 Å². The van der Waals surface area contributed by atoms with Crippen LogP contribution in [0.25, 0.3) is 11.1 Å². The van der Waals surface area contributed by atoms with Gasteiger partial charge in [-0.05, 0) is 107 Å². The zero-order valence-corrected chi connectivity index (χ0v) is 29.5. The molecule has 2 aliphatic rings. The van der Waals surface area contributed by atoms with Gasteiger partial charge in [-0.2, -0.15) is 11.8 Å². The molecule has 11 heteroatoms. The number of anilines is 1. The molecular formula is C35H50N4O6S. The van der Waals surface area contributed by atoms with Gasteiger partial charge in [0.25, 0.3) is 0 Å². The van der Waals surface area contributed by atoms with Gasteiger partial charge in [0.2, 0.25) is 23.0 Å². The minimum absolute atomic E-state index is 0.00125. The third-order valence-corrected chi connectivity index (χ3v) is 9.35. The standard InChI is InChI=1S/C35H50N4O6S/c1-20(40)36-25-12-10-21-16-29(43-6)31(44-7)32(45-8)30(21)23-11-13-26(28(41)17-24(23)25)38-27(14-15-46-9)33(42)37-22-18-34(2,3)39-35(4,5)19-22/h11,13,16-17,22,25,27,39H,10,12,14-15,18-19H2,1-9H3,(H,36,40)(H,37,42)(H,38,41)/t25-,27-/m1/s1. The Hall–Kier alpha value is -3.44. The van der Waals surface area contributed by atoms with Gasteiger partial charge in [-0.1, -0.05) is 6.07 Å². The maximum absolute atomic E-state index is 13.9. The second-order valence-electron chi connectivity index (χ2n) is 13.6. The van der Waals surface area contributed by atoms with Crippen LogP contribution in [0.2, 0.25) is 0 Å². The molecule has 4 N–H and O–H groups in total. The van der Waals surface area contributed by atoms with Crippen molar-refractivity contribution in [1.29, 1.82) is 0 Å². The largest absolute Gasteiger partial charge is 0.493 e. The molecule has 1 aliphatic heterocycles. The van der Waals surface area contributed by atoms with Crippen molar-refractivity contribution in [3.8, 4) is 28.4 Å². The van der Waals surface area contributed by atoms with Crippen LogP contribution in [-0.4, -0.2) is 68.3 Å². The Balaban J connectivity index is 1.78. The first-order valence-electron chi connectivity index (χ1n) is 15.8. The van der Waals surface area contributed by atoms with E-state index in [1.807, 2.05) is 18.4 Å². The van der Waals surface area contributed by atoms with Gasteiger partial charge in [0.05, 0.1) is 33.1 Å². The van der Waals surface area contributed by atoms with E-state index in [9.17, 15) is 14.4 Å². The first-order valence-corrected chi connectivity index (χ1v) is 17.2. The van der Waals surface area contributed by atoms with Gasteiger partial charge in [-0.15, -0.1) is 0 Å². The number of carbonyl (C=O) groups is 2. The molecule has 252 valence electrons. The Kier molecular flexibility index (Phi) is 11.2. The normalized spacial score (nSPS) is 19.0. The van der Waals surface area contributed by atoms with Gasteiger partial charge in [-0.3, -0.25) is 14.4 Å². The van der Waals surface area contributed by atoms with Crippen molar-refractivity contribution >= 4 is 29.3 Å². The summed E-state index contributed by atoms with van der Waals surface area (Å²) in [5, 5.41) is 13.3. The average Bonchev–Trinajstić information content (AvgIpc) is 3.20. The van der Waals surface area contributed by atoms with Crippen LogP contribution in [0.15, 0.2) is 29.1 Å². The molecule has 1 aliphatic carbocycles. The van der Waals surface area contributed by atoms with Gasteiger partial charge in [0.1, 0.15) is 6.04 Å². The number of benzene rings is 1. The highest BCUT2D eigenvalue weighted by molar-refractivity contribution is 7.98. The first-order chi connectivity index (χ1) is 21.7. The van der Waals surface area contributed by atoms with Gasteiger partial charge in [0, 0.05) is 29.6 Å². The fraction of sp³-hybridized carbons (Fsp3) is 0.571. The monoisotopic (exact) mass is 654 g/mol. The second-order valence-corrected chi connectivity index (χ2v) is 14.6.